The lowest BCUT2D eigenvalue weighted by molar-refractivity contribution is -0.136. The van der Waals surface area contributed by atoms with E-state index in [1.807, 2.05) is 12.1 Å². The zero-order chi connectivity index (χ0) is 20.6. The molecule has 1 aromatic heterocycles. The minimum Gasteiger partial charge on any atom is -0.375 e. The second-order valence-electron chi connectivity index (χ2n) is 6.85. The molecule has 1 N–H and O–H groups in total. The number of ketones is 1. The van der Waals surface area contributed by atoms with Crippen molar-refractivity contribution in [1.29, 1.82) is 0 Å². The van der Waals surface area contributed by atoms with Crippen LogP contribution in [-0.2, 0) is 16.9 Å². The number of aliphatic hydroxyl groups is 1. The highest BCUT2D eigenvalue weighted by Crippen LogP contribution is 2.45. The summed E-state index contributed by atoms with van der Waals surface area (Å²) in [5.41, 5.74) is -0.165. The highest BCUT2D eigenvalue weighted by atomic mass is 35.5. The number of hydrogen-bond acceptors (Lipinski definition) is 4. The maximum Gasteiger partial charge on any atom is 0.264 e. The van der Waals surface area contributed by atoms with Crippen molar-refractivity contribution in [3.05, 3.63) is 93.7 Å². The third-order valence-electron chi connectivity index (χ3n) is 4.98. The van der Waals surface area contributed by atoms with Crippen molar-refractivity contribution in [2.24, 2.45) is 0 Å². The average Bonchev–Trinajstić information content (AvgIpc) is 2.92. The molecule has 2 aromatic carbocycles. The van der Waals surface area contributed by atoms with Crippen molar-refractivity contribution in [2.45, 2.75) is 18.6 Å². The summed E-state index contributed by atoms with van der Waals surface area (Å²) >= 11 is 12.4. The molecule has 7 heteroatoms. The Hall–Kier alpha value is -2.73. The van der Waals surface area contributed by atoms with E-state index in [9.17, 15) is 14.7 Å². The van der Waals surface area contributed by atoms with Gasteiger partial charge in [-0.2, -0.15) is 0 Å². The number of anilines is 1. The second kappa shape index (κ2) is 7.59. The maximum atomic E-state index is 13.3. The molecule has 0 fully saturated rings. The molecule has 146 valence electrons. The third kappa shape index (κ3) is 3.53. The average molecular weight is 427 g/mol. The number of benzene rings is 2. The molecule has 0 bridgehead atoms. The third-order valence-corrected chi connectivity index (χ3v) is 5.58. The van der Waals surface area contributed by atoms with Gasteiger partial charge in [0.05, 0.1) is 18.7 Å². The number of carbonyl (C=O) groups is 2. The molecule has 29 heavy (non-hydrogen) atoms. The van der Waals surface area contributed by atoms with Crippen LogP contribution in [0.3, 0.4) is 0 Å². The van der Waals surface area contributed by atoms with Crippen LogP contribution in [0.1, 0.15) is 27.9 Å². The zero-order valence-electron chi connectivity index (χ0n) is 15.2. The number of amides is 1. The number of hydrogen-bond donors (Lipinski definition) is 1. The first kappa shape index (κ1) is 19.6. The predicted octanol–water partition coefficient (Wildman–Crippen LogP) is 4.40. The number of carbonyl (C=O) groups excluding carboxylic acids is 2. The van der Waals surface area contributed by atoms with Crippen molar-refractivity contribution < 1.29 is 14.7 Å². The smallest absolute Gasteiger partial charge is 0.264 e. The minimum absolute atomic E-state index is 0.163. The molecule has 0 saturated heterocycles. The van der Waals surface area contributed by atoms with Gasteiger partial charge in [0, 0.05) is 33.6 Å². The molecule has 0 saturated carbocycles. The molecular weight excluding hydrogens is 411 g/mol. The SMILES string of the molecule is O=C(C[C@]1(O)C(=O)N(Cc2ccccc2Cl)c2ccc(Cl)cc21)c1cccnc1. The van der Waals surface area contributed by atoms with Crippen molar-refractivity contribution in [3.63, 3.8) is 0 Å². The summed E-state index contributed by atoms with van der Waals surface area (Å²) in [6.45, 7) is 0.163. The lowest BCUT2D eigenvalue weighted by atomic mass is 9.88. The molecule has 0 aliphatic carbocycles. The maximum absolute atomic E-state index is 13.3. The minimum atomic E-state index is -2.02. The van der Waals surface area contributed by atoms with Crippen LogP contribution < -0.4 is 4.90 Å². The summed E-state index contributed by atoms with van der Waals surface area (Å²) in [5, 5.41) is 12.2. The number of fused-ring (bicyclic) bond motifs is 1. The first-order chi connectivity index (χ1) is 13.9. The summed E-state index contributed by atoms with van der Waals surface area (Å²) in [6, 6.07) is 15.2. The fourth-order valence-corrected chi connectivity index (χ4v) is 3.88. The highest BCUT2D eigenvalue weighted by molar-refractivity contribution is 6.31. The molecule has 0 unspecified atom stereocenters. The Balaban J connectivity index is 1.73. The number of rotatable bonds is 5. The summed E-state index contributed by atoms with van der Waals surface area (Å²) in [5.74, 6) is -0.980. The first-order valence-electron chi connectivity index (χ1n) is 8.91. The fourth-order valence-electron chi connectivity index (χ4n) is 3.51. The van der Waals surface area contributed by atoms with Crippen LogP contribution >= 0.6 is 23.2 Å². The van der Waals surface area contributed by atoms with E-state index in [1.54, 1.807) is 42.6 Å². The number of Topliss-reactive ketones (excluding diaryl/α,β-unsaturated/α-hetero) is 1. The highest BCUT2D eigenvalue weighted by Gasteiger charge is 2.51. The van der Waals surface area contributed by atoms with E-state index in [4.69, 9.17) is 23.2 Å². The van der Waals surface area contributed by atoms with Gasteiger partial charge in [-0.3, -0.25) is 14.6 Å². The molecule has 0 radical (unpaired) electrons. The first-order valence-corrected chi connectivity index (χ1v) is 9.67. The van der Waals surface area contributed by atoms with Crippen molar-refractivity contribution in [1.82, 2.24) is 4.98 Å². The fraction of sp³-hybridized carbons (Fsp3) is 0.136. The Bertz CT molecular complexity index is 1100. The topological polar surface area (TPSA) is 70.5 Å². The Morgan fingerprint density at radius 3 is 2.62 bits per heavy atom. The summed E-state index contributed by atoms with van der Waals surface area (Å²) in [7, 11) is 0. The molecule has 4 rings (SSSR count). The van der Waals surface area contributed by atoms with E-state index >= 15 is 0 Å². The van der Waals surface area contributed by atoms with Gasteiger partial charge in [0.15, 0.2) is 11.4 Å². The molecular formula is C22H16Cl2N2O3. The second-order valence-corrected chi connectivity index (χ2v) is 7.69. The molecule has 1 aliphatic heterocycles. The molecule has 2 heterocycles. The van der Waals surface area contributed by atoms with E-state index in [0.717, 1.165) is 5.56 Å². The number of halogens is 2. The van der Waals surface area contributed by atoms with Gasteiger partial charge >= 0.3 is 0 Å². The van der Waals surface area contributed by atoms with E-state index in [0.29, 0.717) is 26.9 Å². The van der Waals surface area contributed by atoms with Crippen LogP contribution in [0.25, 0.3) is 0 Å². The van der Waals surface area contributed by atoms with Crippen molar-refractivity contribution in [3.8, 4) is 0 Å². The van der Waals surface area contributed by atoms with Gasteiger partial charge in [0.1, 0.15) is 0 Å². The monoisotopic (exact) mass is 426 g/mol. The normalized spacial score (nSPS) is 18.0. The van der Waals surface area contributed by atoms with E-state index in [2.05, 4.69) is 4.98 Å². The lowest BCUT2D eigenvalue weighted by Gasteiger charge is -2.23. The lowest BCUT2D eigenvalue weighted by Crippen LogP contribution is -2.41. The van der Waals surface area contributed by atoms with Crippen LogP contribution in [0.5, 0.6) is 0 Å². The van der Waals surface area contributed by atoms with Gasteiger partial charge in [0.25, 0.3) is 5.91 Å². The van der Waals surface area contributed by atoms with Crippen LogP contribution in [0.15, 0.2) is 67.0 Å². The van der Waals surface area contributed by atoms with Gasteiger partial charge in [0.2, 0.25) is 0 Å². The summed E-state index contributed by atoms with van der Waals surface area (Å²) < 4.78 is 0. The Morgan fingerprint density at radius 1 is 1.10 bits per heavy atom. The number of pyridine rings is 1. The molecule has 1 amide bonds. The zero-order valence-corrected chi connectivity index (χ0v) is 16.7. The van der Waals surface area contributed by atoms with Gasteiger partial charge in [-0.25, -0.2) is 0 Å². The summed E-state index contributed by atoms with van der Waals surface area (Å²) in [6.07, 6.45) is 2.54. The van der Waals surface area contributed by atoms with E-state index in [-0.39, 0.29) is 12.3 Å². The quantitative estimate of drug-likeness (QED) is 0.613. The van der Waals surface area contributed by atoms with Gasteiger partial charge in [-0.05, 0) is 42.0 Å². The predicted molar refractivity (Wildman–Crippen MR) is 111 cm³/mol. The van der Waals surface area contributed by atoms with Gasteiger partial charge in [-0.1, -0.05) is 41.4 Å². The Labute approximate surface area is 177 Å². The van der Waals surface area contributed by atoms with Crippen LogP contribution in [-0.4, -0.2) is 21.8 Å². The Morgan fingerprint density at radius 2 is 1.90 bits per heavy atom. The van der Waals surface area contributed by atoms with Crippen LogP contribution in [0.4, 0.5) is 5.69 Å². The van der Waals surface area contributed by atoms with Crippen molar-refractivity contribution >= 4 is 40.6 Å². The van der Waals surface area contributed by atoms with E-state index in [1.165, 1.54) is 17.2 Å². The summed E-state index contributed by atoms with van der Waals surface area (Å²) in [4.78, 5) is 31.4. The van der Waals surface area contributed by atoms with E-state index < -0.39 is 17.9 Å². The molecule has 1 aliphatic rings. The largest absolute Gasteiger partial charge is 0.375 e. The van der Waals surface area contributed by atoms with Crippen molar-refractivity contribution in [2.75, 3.05) is 4.90 Å². The number of nitrogens with zero attached hydrogens (tertiary/aromatic N) is 2. The molecule has 5 nitrogen and oxygen atoms in total. The standard InChI is InChI=1S/C22H16Cl2N2O3/c23-16-7-8-19-17(10-16)22(29,11-20(27)14-5-3-9-25-12-14)21(28)26(19)13-15-4-1-2-6-18(15)24/h1-10,12,29H,11,13H2/t22-/m1/s1. The molecule has 0 spiro atoms. The molecule has 1 atom stereocenters. The molecule has 3 aromatic rings. The number of aromatic nitrogens is 1. The van der Waals surface area contributed by atoms with Gasteiger partial charge in [-0.15, -0.1) is 0 Å². The Kier molecular flexibility index (Phi) is 5.13. The van der Waals surface area contributed by atoms with Gasteiger partial charge < -0.3 is 10.0 Å². The van der Waals surface area contributed by atoms with Crippen LogP contribution in [0, 0.1) is 0 Å². The van der Waals surface area contributed by atoms with Crippen LogP contribution in [0.2, 0.25) is 10.0 Å².